The zero-order valence-corrected chi connectivity index (χ0v) is 21.9. The standard InChI is InChI=1S/C25H29ClF2N4O4S/c1-2-31(15-4-3-5-15)19(13-29-25(35)20-8-9-21(26)37-20)24(34)30-18-7-6-16(12-17(18)23(27)28)32-10-11-36-14-22(32)33/h6-9,12,15,19,23H,2-5,10-11,13-14H2,1H3,(H,29,35)(H,30,34)/t19-/m0/s1. The molecule has 0 radical (unpaired) electrons. The molecular formula is C25H29ClF2N4O4S. The van der Waals surface area contributed by atoms with E-state index >= 15 is 0 Å². The Morgan fingerprint density at radius 1 is 1.27 bits per heavy atom. The molecule has 37 heavy (non-hydrogen) atoms. The fraction of sp³-hybridized carbons (Fsp3) is 0.480. The van der Waals surface area contributed by atoms with Crippen LogP contribution in [0, 0.1) is 0 Å². The number of alkyl halides is 2. The molecule has 200 valence electrons. The molecule has 1 aliphatic heterocycles. The second-order valence-corrected chi connectivity index (χ2v) is 10.6. The Kier molecular flexibility index (Phi) is 9.12. The van der Waals surface area contributed by atoms with Gasteiger partial charge in [-0.15, -0.1) is 11.3 Å². The fourth-order valence-electron chi connectivity index (χ4n) is 4.54. The summed E-state index contributed by atoms with van der Waals surface area (Å²) in [4.78, 5) is 42.1. The van der Waals surface area contributed by atoms with Gasteiger partial charge in [-0.2, -0.15) is 0 Å². The monoisotopic (exact) mass is 554 g/mol. The number of hydrogen-bond donors (Lipinski definition) is 2. The van der Waals surface area contributed by atoms with Crippen molar-refractivity contribution in [3.05, 3.63) is 45.1 Å². The van der Waals surface area contributed by atoms with Gasteiger partial charge < -0.3 is 20.3 Å². The number of nitrogens with one attached hydrogen (secondary N) is 2. The quantitative estimate of drug-likeness (QED) is 0.457. The number of halogens is 3. The van der Waals surface area contributed by atoms with Crippen molar-refractivity contribution in [3.8, 4) is 0 Å². The molecule has 2 aliphatic rings. The maximum atomic E-state index is 14.0. The first-order valence-electron chi connectivity index (χ1n) is 12.2. The van der Waals surface area contributed by atoms with Gasteiger partial charge in [0.15, 0.2) is 0 Å². The Balaban J connectivity index is 1.54. The molecule has 8 nitrogen and oxygen atoms in total. The zero-order valence-electron chi connectivity index (χ0n) is 20.3. The lowest BCUT2D eigenvalue weighted by atomic mass is 9.90. The highest BCUT2D eigenvalue weighted by Gasteiger charge is 2.34. The number of rotatable bonds is 10. The predicted molar refractivity (Wildman–Crippen MR) is 139 cm³/mol. The highest BCUT2D eigenvalue weighted by Crippen LogP contribution is 2.33. The lowest BCUT2D eigenvalue weighted by molar-refractivity contribution is -0.125. The smallest absolute Gasteiger partial charge is 0.265 e. The number of morpholine rings is 1. The minimum atomic E-state index is -2.87. The Morgan fingerprint density at radius 3 is 2.65 bits per heavy atom. The van der Waals surface area contributed by atoms with Crippen molar-refractivity contribution < 1.29 is 27.9 Å². The average molecular weight is 555 g/mol. The number of carbonyl (C=O) groups is 3. The fourth-order valence-corrected chi connectivity index (χ4v) is 5.50. The van der Waals surface area contributed by atoms with E-state index in [4.69, 9.17) is 16.3 Å². The Morgan fingerprint density at radius 2 is 2.05 bits per heavy atom. The summed E-state index contributed by atoms with van der Waals surface area (Å²) in [6.07, 6.45) is 0.0298. The van der Waals surface area contributed by atoms with Crippen LogP contribution in [0.1, 0.15) is 47.8 Å². The maximum Gasteiger partial charge on any atom is 0.265 e. The molecule has 2 heterocycles. The van der Waals surface area contributed by atoms with Crippen LogP contribution in [0.5, 0.6) is 0 Å². The molecular weight excluding hydrogens is 526 g/mol. The Hall–Kier alpha value is -2.60. The number of benzene rings is 1. The van der Waals surface area contributed by atoms with Crippen LogP contribution in [0.4, 0.5) is 20.2 Å². The number of thiophene rings is 1. The third-order valence-corrected chi connectivity index (χ3v) is 7.92. The summed E-state index contributed by atoms with van der Waals surface area (Å²) in [7, 11) is 0. The average Bonchev–Trinajstić information content (AvgIpc) is 3.29. The lowest BCUT2D eigenvalue weighted by Gasteiger charge is -2.41. The van der Waals surface area contributed by atoms with Gasteiger partial charge in [-0.05, 0) is 49.7 Å². The minimum absolute atomic E-state index is 0.00883. The summed E-state index contributed by atoms with van der Waals surface area (Å²) in [6.45, 7) is 2.96. The largest absolute Gasteiger partial charge is 0.370 e. The van der Waals surface area contributed by atoms with E-state index < -0.39 is 18.4 Å². The van der Waals surface area contributed by atoms with Gasteiger partial charge in [0.1, 0.15) is 12.6 Å². The molecule has 1 aromatic carbocycles. The molecule has 0 spiro atoms. The molecule has 1 saturated carbocycles. The van der Waals surface area contributed by atoms with Gasteiger partial charge in [0, 0.05) is 36.1 Å². The molecule has 2 N–H and O–H groups in total. The number of ether oxygens (including phenoxy) is 1. The van der Waals surface area contributed by atoms with E-state index in [0.717, 1.165) is 30.6 Å². The van der Waals surface area contributed by atoms with Crippen LogP contribution in [0.25, 0.3) is 0 Å². The van der Waals surface area contributed by atoms with Gasteiger partial charge >= 0.3 is 0 Å². The summed E-state index contributed by atoms with van der Waals surface area (Å²) in [5, 5.41) is 5.46. The lowest BCUT2D eigenvalue weighted by Crippen LogP contribution is -2.56. The number of anilines is 2. The molecule has 1 aliphatic carbocycles. The summed E-state index contributed by atoms with van der Waals surface area (Å²) < 4.78 is 33.6. The minimum Gasteiger partial charge on any atom is -0.370 e. The van der Waals surface area contributed by atoms with E-state index in [0.29, 0.717) is 28.1 Å². The summed E-state index contributed by atoms with van der Waals surface area (Å²) in [6, 6.07) is 6.80. The van der Waals surface area contributed by atoms with E-state index in [1.807, 2.05) is 11.8 Å². The first-order valence-corrected chi connectivity index (χ1v) is 13.4. The van der Waals surface area contributed by atoms with Crippen molar-refractivity contribution in [2.45, 2.75) is 44.7 Å². The summed E-state index contributed by atoms with van der Waals surface area (Å²) >= 11 is 7.07. The number of carbonyl (C=O) groups excluding carboxylic acids is 3. The molecule has 12 heteroatoms. The van der Waals surface area contributed by atoms with E-state index in [-0.39, 0.29) is 48.8 Å². The highest BCUT2D eigenvalue weighted by molar-refractivity contribution is 7.18. The van der Waals surface area contributed by atoms with Crippen LogP contribution >= 0.6 is 22.9 Å². The van der Waals surface area contributed by atoms with E-state index in [1.165, 1.54) is 23.1 Å². The van der Waals surface area contributed by atoms with Crippen molar-refractivity contribution in [2.75, 3.05) is 43.1 Å². The van der Waals surface area contributed by atoms with Crippen molar-refractivity contribution in [3.63, 3.8) is 0 Å². The molecule has 1 saturated heterocycles. The molecule has 3 amide bonds. The second kappa shape index (κ2) is 12.3. The van der Waals surface area contributed by atoms with Gasteiger partial charge in [0.25, 0.3) is 18.2 Å². The number of likely N-dealkylation sites (N-methyl/N-ethyl adjacent to an activating group) is 1. The second-order valence-electron chi connectivity index (χ2n) is 8.90. The highest BCUT2D eigenvalue weighted by atomic mass is 35.5. The molecule has 2 aromatic rings. The SMILES string of the molecule is CCN(C1CCC1)[C@@H](CNC(=O)c1ccc(Cl)s1)C(=O)Nc1ccc(N2CCOCC2=O)cc1C(F)F. The third kappa shape index (κ3) is 6.46. The van der Waals surface area contributed by atoms with Crippen LogP contribution < -0.4 is 15.5 Å². The number of nitrogens with zero attached hydrogens (tertiary/aromatic N) is 2. The van der Waals surface area contributed by atoms with E-state index in [9.17, 15) is 23.2 Å². The zero-order chi connectivity index (χ0) is 26.5. The van der Waals surface area contributed by atoms with Crippen LogP contribution in [-0.2, 0) is 14.3 Å². The summed E-state index contributed by atoms with van der Waals surface area (Å²) in [5.41, 5.74) is -0.0898. The molecule has 0 unspecified atom stereocenters. The van der Waals surface area contributed by atoms with Gasteiger partial charge in [0.2, 0.25) is 5.91 Å². The Bertz CT molecular complexity index is 1140. The van der Waals surface area contributed by atoms with Gasteiger partial charge in [0.05, 0.1) is 15.8 Å². The first-order chi connectivity index (χ1) is 17.8. The van der Waals surface area contributed by atoms with Gasteiger partial charge in [-0.3, -0.25) is 19.3 Å². The van der Waals surface area contributed by atoms with Crippen LogP contribution in [0.3, 0.4) is 0 Å². The molecule has 0 bridgehead atoms. The first kappa shape index (κ1) is 27.4. The number of hydrogen-bond acceptors (Lipinski definition) is 6. The van der Waals surface area contributed by atoms with Crippen molar-refractivity contribution >= 4 is 52.0 Å². The predicted octanol–water partition coefficient (Wildman–Crippen LogP) is 4.31. The van der Waals surface area contributed by atoms with E-state index in [1.54, 1.807) is 12.1 Å². The molecule has 1 atom stereocenters. The van der Waals surface area contributed by atoms with E-state index in [2.05, 4.69) is 10.6 Å². The maximum absolute atomic E-state index is 14.0. The van der Waals surface area contributed by atoms with Crippen LogP contribution in [-0.4, -0.2) is 67.6 Å². The Labute approximate surface area is 222 Å². The van der Waals surface area contributed by atoms with Crippen molar-refractivity contribution in [2.24, 2.45) is 0 Å². The van der Waals surface area contributed by atoms with Gasteiger partial charge in [-0.25, -0.2) is 8.78 Å². The van der Waals surface area contributed by atoms with Gasteiger partial charge in [-0.1, -0.05) is 24.9 Å². The third-order valence-electron chi connectivity index (χ3n) is 6.69. The van der Waals surface area contributed by atoms with Crippen molar-refractivity contribution in [1.82, 2.24) is 10.2 Å². The summed E-state index contributed by atoms with van der Waals surface area (Å²) in [5.74, 6) is -1.16. The molecule has 1 aromatic heterocycles. The molecule has 2 fully saturated rings. The van der Waals surface area contributed by atoms with Crippen molar-refractivity contribution in [1.29, 1.82) is 0 Å². The topological polar surface area (TPSA) is 91.0 Å². The van der Waals surface area contributed by atoms with Crippen LogP contribution in [0.2, 0.25) is 4.34 Å². The number of amides is 3. The van der Waals surface area contributed by atoms with Crippen LogP contribution in [0.15, 0.2) is 30.3 Å². The molecule has 4 rings (SSSR count). The normalized spacial score (nSPS) is 17.1.